The van der Waals surface area contributed by atoms with E-state index in [1.54, 1.807) is 10.6 Å². The molecule has 0 aliphatic carbocycles. The highest BCUT2D eigenvalue weighted by Crippen LogP contribution is 2.28. The Kier molecular flexibility index (Phi) is 4.21. The maximum Gasteiger partial charge on any atom is 0.298 e. The summed E-state index contributed by atoms with van der Waals surface area (Å²) in [4.78, 5) is 26.1. The molecular weight excluding hydrogens is 374 g/mol. The van der Waals surface area contributed by atoms with Crippen LogP contribution in [-0.2, 0) is 11.8 Å². The third-order valence-corrected chi connectivity index (χ3v) is 5.33. The Bertz CT molecular complexity index is 1410. The van der Waals surface area contributed by atoms with E-state index < -0.39 is 11.7 Å². The number of nitrogens with zero attached hydrogens (tertiary/aromatic N) is 2. The Labute approximate surface area is 173 Å². The predicted octanol–water partition coefficient (Wildman–Crippen LogP) is 4.92. The van der Waals surface area contributed by atoms with Gasteiger partial charge in [-0.25, -0.2) is 0 Å². The Hall–Kier alpha value is -4.12. The number of fused-ring (bicyclic) bond motifs is 2. The molecule has 5 aromatic rings. The Morgan fingerprint density at radius 1 is 0.833 bits per heavy atom. The molecule has 0 unspecified atom stereocenters. The zero-order chi connectivity index (χ0) is 20.7. The van der Waals surface area contributed by atoms with Gasteiger partial charge in [-0.2, -0.15) is 0 Å². The highest BCUT2D eigenvalue weighted by atomic mass is 16.2. The monoisotopic (exact) mass is 393 g/mol. The first-order valence-electron chi connectivity index (χ1n) is 9.68. The number of aryl methyl sites for hydroxylation is 1. The SMILES string of the molecule is Cn1ccc2cc(NC(=O)C(=O)c3c(-c4ccccc4)cc4ccccn34)ccc21. The summed E-state index contributed by atoms with van der Waals surface area (Å²) < 4.78 is 3.77. The van der Waals surface area contributed by atoms with E-state index in [9.17, 15) is 9.59 Å². The van der Waals surface area contributed by atoms with Gasteiger partial charge in [-0.15, -0.1) is 0 Å². The summed E-state index contributed by atoms with van der Waals surface area (Å²) >= 11 is 0. The van der Waals surface area contributed by atoms with E-state index >= 15 is 0 Å². The van der Waals surface area contributed by atoms with Gasteiger partial charge in [0.15, 0.2) is 0 Å². The number of carbonyl (C=O) groups is 2. The molecule has 5 nitrogen and oxygen atoms in total. The topological polar surface area (TPSA) is 55.5 Å². The highest BCUT2D eigenvalue weighted by Gasteiger charge is 2.24. The molecule has 3 heterocycles. The first-order chi connectivity index (χ1) is 14.6. The highest BCUT2D eigenvalue weighted by molar-refractivity contribution is 6.47. The lowest BCUT2D eigenvalue weighted by Gasteiger charge is -2.08. The van der Waals surface area contributed by atoms with Crippen molar-refractivity contribution in [3.63, 3.8) is 0 Å². The van der Waals surface area contributed by atoms with Crippen molar-refractivity contribution in [1.82, 2.24) is 8.97 Å². The number of Topliss-reactive ketones (excluding diaryl/α,β-unsaturated/α-hetero) is 1. The summed E-state index contributed by atoms with van der Waals surface area (Å²) in [7, 11) is 1.97. The quantitative estimate of drug-likeness (QED) is 0.348. The lowest BCUT2D eigenvalue weighted by Crippen LogP contribution is -2.24. The molecule has 1 amide bonds. The summed E-state index contributed by atoms with van der Waals surface area (Å²) in [6.07, 6.45) is 3.76. The molecule has 5 rings (SSSR count). The number of pyridine rings is 1. The van der Waals surface area contributed by atoms with Gasteiger partial charge in [0.1, 0.15) is 5.69 Å². The minimum absolute atomic E-state index is 0.357. The molecule has 0 aliphatic rings. The number of ketones is 1. The molecule has 2 aromatic carbocycles. The van der Waals surface area contributed by atoms with Crippen LogP contribution in [0.5, 0.6) is 0 Å². The average molecular weight is 393 g/mol. The van der Waals surface area contributed by atoms with Crippen LogP contribution in [0.3, 0.4) is 0 Å². The number of anilines is 1. The number of rotatable bonds is 4. The Morgan fingerprint density at radius 2 is 1.63 bits per heavy atom. The lowest BCUT2D eigenvalue weighted by molar-refractivity contribution is -0.112. The molecule has 0 spiro atoms. The molecule has 0 saturated heterocycles. The standard InChI is InChI=1S/C25H19N3O2/c1-27-14-12-18-15-19(10-11-22(18)27)26-25(30)24(29)23-21(17-7-3-2-4-8-17)16-20-9-5-6-13-28(20)23/h2-16H,1H3,(H,26,30). The molecule has 30 heavy (non-hydrogen) atoms. The Morgan fingerprint density at radius 3 is 2.47 bits per heavy atom. The van der Waals surface area contributed by atoms with Crippen molar-refractivity contribution in [3.8, 4) is 11.1 Å². The zero-order valence-corrected chi connectivity index (χ0v) is 16.4. The van der Waals surface area contributed by atoms with E-state index in [4.69, 9.17) is 0 Å². The van der Waals surface area contributed by atoms with E-state index in [1.165, 1.54) is 0 Å². The van der Waals surface area contributed by atoms with Crippen LogP contribution in [0.2, 0.25) is 0 Å². The van der Waals surface area contributed by atoms with Crippen LogP contribution in [0.1, 0.15) is 10.5 Å². The molecule has 0 radical (unpaired) electrons. The minimum atomic E-state index is -0.661. The molecule has 3 aromatic heterocycles. The number of hydrogen-bond donors (Lipinski definition) is 1. The average Bonchev–Trinajstić information content (AvgIpc) is 3.34. The van der Waals surface area contributed by atoms with Gasteiger partial charge in [-0.3, -0.25) is 9.59 Å². The number of nitrogens with one attached hydrogen (secondary N) is 1. The molecule has 0 aliphatic heterocycles. The van der Waals surface area contributed by atoms with Gasteiger partial charge in [0.2, 0.25) is 0 Å². The van der Waals surface area contributed by atoms with E-state index in [0.29, 0.717) is 11.4 Å². The molecule has 146 valence electrons. The van der Waals surface area contributed by atoms with E-state index in [1.807, 2.05) is 96.7 Å². The molecule has 0 saturated carbocycles. The van der Waals surface area contributed by atoms with Crippen LogP contribution >= 0.6 is 0 Å². The van der Waals surface area contributed by atoms with Crippen molar-refractivity contribution in [2.24, 2.45) is 7.05 Å². The van der Waals surface area contributed by atoms with E-state index in [2.05, 4.69) is 5.32 Å². The summed E-state index contributed by atoms with van der Waals surface area (Å²) in [5.74, 6) is -1.24. The third kappa shape index (κ3) is 2.97. The largest absolute Gasteiger partial charge is 0.351 e. The van der Waals surface area contributed by atoms with Crippen molar-refractivity contribution in [1.29, 1.82) is 0 Å². The third-order valence-electron chi connectivity index (χ3n) is 5.33. The summed E-state index contributed by atoms with van der Waals surface area (Å²) in [5.41, 5.74) is 4.49. The van der Waals surface area contributed by atoms with Crippen LogP contribution in [0.15, 0.2) is 91.3 Å². The van der Waals surface area contributed by atoms with Crippen LogP contribution in [0, 0.1) is 0 Å². The number of aromatic nitrogens is 2. The second-order valence-electron chi connectivity index (χ2n) is 7.25. The van der Waals surface area contributed by atoms with Gasteiger partial charge in [0.25, 0.3) is 11.7 Å². The first-order valence-corrected chi connectivity index (χ1v) is 9.68. The van der Waals surface area contributed by atoms with Crippen LogP contribution in [-0.4, -0.2) is 20.7 Å². The minimum Gasteiger partial charge on any atom is -0.351 e. The van der Waals surface area contributed by atoms with Crippen molar-refractivity contribution in [3.05, 3.63) is 97.0 Å². The number of carbonyl (C=O) groups excluding carboxylic acids is 2. The fourth-order valence-corrected chi connectivity index (χ4v) is 3.85. The van der Waals surface area contributed by atoms with E-state index in [-0.39, 0.29) is 0 Å². The van der Waals surface area contributed by atoms with E-state index in [0.717, 1.165) is 27.5 Å². The Balaban J connectivity index is 1.54. The molecule has 0 atom stereocenters. The van der Waals surface area contributed by atoms with Gasteiger partial charge in [-0.05, 0) is 48.0 Å². The van der Waals surface area contributed by atoms with Crippen molar-refractivity contribution >= 4 is 33.8 Å². The van der Waals surface area contributed by atoms with Crippen LogP contribution in [0.4, 0.5) is 5.69 Å². The zero-order valence-electron chi connectivity index (χ0n) is 16.4. The molecule has 5 heteroatoms. The number of benzene rings is 2. The van der Waals surface area contributed by atoms with Crippen molar-refractivity contribution in [2.75, 3.05) is 5.32 Å². The van der Waals surface area contributed by atoms with Crippen molar-refractivity contribution < 1.29 is 9.59 Å². The van der Waals surface area contributed by atoms with Crippen molar-refractivity contribution in [2.45, 2.75) is 0 Å². The maximum absolute atomic E-state index is 13.2. The first kappa shape index (κ1) is 17.9. The van der Waals surface area contributed by atoms with Gasteiger partial charge < -0.3 is 14.3 Å². The summed E-state index contributed by atoms with van der Waals surface area (Å²) in [6, 6.07) is 24.8. The molecular formula is C25H19N3O2. The normalized spacial score (nSPS) is 11.1. The van der Waals surface area contributed by atoms with Gasteiger partial charge >= 0.3 is 0 Å². The van der Waals surface area contributed by atoms with Crippen LogP contribution < -0.4 is 5.32 Å². The predicted molar refractivity (Wildman–Crippen MR) is 119 cm³/mol. The fraction of sp³-hybridized carbons (Fsp3) is 0.0400. The van der Waals surface area contributed by atoms with Gasteiger partial charge in [-0.1, -0.05) is 36.4 Å². The second kappa shape index (κ2) is 7.04. The molecule has 1 N–H and O–H groups in total. The maximum atomic E-state index is 13.2. The molecule has 0 fully saturated rings. The number of amides is 1. The second-order valence-corrected chi connectivity index (χ2v) is 7.25. The summed E-state index contributed by atoms with van der Waals surface area (Å²) in [5, 5.41) is 3.76. The number of hydrogen-bond acceptors (Lipinski definition) is 2. The summed E-state index contributed by atoms with van der Waals surface area (Å²) in [6.45, 7) is 0. The van der Waals surface area contributed by atoms with Gasteiger partial charge in [0, 0.05) is 47.1 Å². The molecule has 0 bridgehead atoms. The smallest absolute Gasteiger partial charge is 0.298 e. The van der Waals surface area contributed by atoms with Gasteiger partial charge in [0.05, 0.1) is 0 Å². The lowest BCUT2D eigenvalue weighted by atomic mass is 10.0. The van der Waals surface area contributed by atoms with Crippen LogP contribution in [0.25, 0.3) is 27.5 Å². The fourth-order valence-electron chi connectivity index (χ4n) is 3.85.